The molecule has 0 aromatic carbocycles. The van der Waals surface area contributed by atoms with Crippen molar-refractivity contribution >= 4 is 9.84 Å². The summed E-state index contributed by atoms with van der Waals surface area (Å²) < 4.78 is 24.6. The van der Waals surface area contributed by atoms with Gasteiger partial charge in [0.25, 0.3) is 0 Å². The number of hydrogen-bond donors (Lipinski definition) is 1. The minimum atomic E-state index is -2.91. The Kier molecular flexibility index (Phi) is 4.99. The summed E-state index contributed by atoms with van der Waals surface area (Å²) in [4.78, 5) is 0. The molecule has 1 aromatic heterocycles. The monoisotopic (exact) mass is 272 g/mol. The maximum absolute atomic E-state index is 11.2. The Morgan fingerprint density at radius 2 is 2.00 bits per heavy atom. The largest absolute Gasteiger partial charge is 0.349 e. The van der Waals surface area contributed by atoms with Gasteiger partial charge in [-0.05, 0) is 39.3 Å². The molecule has 1 unspecified atom stereocenters. The first-order chi connectivity index (χ1) is 8.24. The van der Waals surface area contributed by atoms with Gasteiger partial charge in [-0.1, -0.05) is 0 Å². The molecule has 104 valence electrons. The zero-order valence-electron chi connectivity index (χ0n) is 11.9. The summed E-state index contributed by atoms with van der Waals surface area (Å²) in [6.45, 7) is 9.92. The molecule has 0 fully saturated rings. The second kappa shape index (κ2) is 5.89. The lowest BCUT2D eigenvalue weighted by molar-refractivity contribution is 0.558. The average Bonchev–Trinajstić information content (AvgIpc) is 2.48. The van der Waals surface area contributed by atoms with Gasteiger partial charge in [-0.2, -0.15) is 0 Å². The number of nitrogens with one attached hydrogen (secondary N) is 1. The third-order valence-electron chi connectivity index (χ3n) is 3.19. The first-order valence-electron chi connectivity index (χ1n) is 6.31. The van der Waals surface area contributed by atoms with Crippen LogP contribution >= 0.6 is 0 Å². The third-order valence-corrected chi connectivity index (χ3v) is 4.29. The van der Waals surface area contributed by atoms with Crippen LogP contribution in [0.4, 0.5) is 0 Å². The standard InChI is InChI=1S/C13H24N2O2S/c1-6-15-11(3)7-13(12(15)4)8-14-10(2)9-18(5,16)17/h7,10,14H,6,8-9H2,1-5H3. The lowest BCUT2D eigenvalue weighted by Gasteiger charge is -2.13. The molecule has 0 radical (unpaired) electrons. The molecule has 4 nitrogen and oxygen atoms in total. The van der Waals surface area contributed by atoms with Gasteiger partial charge < -0.3 is 9.88 Å². The maximum Gasteiger partial charge on any atom is 0.148 e. The van der Waals surface area contributed by atoms with Crippen molar-refractivity contribution in [2.75, 3.05) is 12.0 Å². The SMILES string of the molecule is CCn1c(C)cc(CNC(C)CS(C)(=O)=O)c1C. The summed E-state index contributed by atoms with van der Waals surface area (Å²) in [5.74, 6) is 0.180. The van der Waals surface area contributed by atoms with E-state index < -0.39 is 9.84 Å². The van der Waals surface area contributed by atoms with E-state index in [1.807, 2.05) is 6.92 Å². The average molecular weight is 272 g/mol. The highest BCUT2D eigenvalue weighted by Crippen LogP contribution is 2.14. The number of aryl methyl sites for hydroxylation is 1. The summed E-state index contributed by atoms with van der Waals surface area (Å²) in [6, 6.07) is 2.14. The second-order valence-corrected chi connectivity index (χ2v) is 7.20. The van der Waals surface area contributed by atoms with Crippen LogP contribution in [0.2, 0.25) is 0 Å². The summed E-state index contributed by atoms with van der Waals surface area (Å²) >= 11 is 0. The van der Waals surface area contributed by atoms with Crippen molar-refractivity contribution in [3.05, 3.63) is 23.0 Å². The quantitative estimate of drug-likeness (QED) is 0.856. The smallest absolute Gasteiger partial charge is 0.148 e. The molecule has 0 saturated carbocycles. The van der Waals surface area contributed by atoms with Crippen LogP contribution in [-0.2, 0) is 22.9 Å². The van der Waals surface area contributed by atoms with Crippen LogP contribution in [0.3, 0.4) is 0 Å². The molecule has 0 aliphatic carbocycles. The number of hydrogen-bond acceptors (Lipinski definition) is 3. The molecular formula is C13H24N2O2S. The molecule has 1 rings (SSSR count). The summed E-state index contributed by atoms with van der Waals surface area (Å²) in [6.07, 6.45) is 1.27. The Balaban J connectivity index is 2.64. The molecule has 1 N–H and O–H groups in total. The van der Waals surface area contributed by atoms with Gasteiger partial charge in [0.15, 0.2) is 0 Å². The van der Waals surface area contributed by atoms with E-state index in [0.29, 0.717) is 0 Å². The van der Waals surface area contributed by atoms with Crippen molar-refractivity contribution < 1.29 is 8.42 Å². The molecular weight excluding hydrogens is 248 g/mol. The number of nitrogens with zero attached hydrogens (tertiary/aromatic N) is 1. The lowest BCUT2D eigenvalue weighted by Crippen LogP contribution is -2.32. The fourth-order valence-electron chi connectivity index (χ4n) is 2.34. The fraction of sp³-hybridized carbons (Fsp3) is 0.692. The van der Waals surface area contributed by atoms with E-state index in [4.69, 9.17) is 0 Å². The van der Waals surface area contributed by atoms with Crippen LogP contribution in [0.15, 0.2) is 6.07 Å². The minimum absolute atomic E-state index is 0.0234. The third kappa shape index (κ3) is 4.14. The maximum atomic E-state index is 11.2. The van der Waals surface area contributed by atoms with Gasteiger partial charge in [-0.25, -0.2) is 8.42 Å². The second-order valence-electron chi connectivity index (χ2n) is 5.01. The summed E-state index contributed by atoms with van der Waals surface area (Å²) in [5.41, 5.74) is 3.76. The lowest BCUT2D eigenvalue weighted by atomic mass is 10.2. The molecule has 5 heteroatoms. The Labute approximate surface area is 110 Å². The van der Waals surface area contributed by atoms with Gasteiger partial charge in [-0.3, -0.25) is 0 Å². The minimum Gasteiger partial charge on any atom is -0.349 e. The van der Waals surface area contributed by atoms with Crippen molar-refractivity contribution in [3.63, 3.8) is 0 Å². The van der Waals surface area contributed by atoms with Gasteiger partial charge in [0.1, 0.15) is 9.84 Å². The molecule has 0 aliphatic heterocycles. The molecule has 0 aliphatic rings. The normalized spacial score (nSPS) is 13.8. The van der Waals surface area contributed by atoms with E-state index in [9.17, 15) is 8.42 Å². The molecule has 1 aromatic rings. The van der Waals surface area contributed by atoms with Crippen LogP contribution in [-0.4, -0.2) is 31.0 Å². The predicted molar refractivity (Wildman–Crippen MR) is 75.6 cm³/mol. The van der Waals surface area contributed by atoms with Gasteiger partial charge in [0.2, 0.25) is 0 Å². The van der Waals surface area contributed by atoms with Gasteiger partial charge in [0.05, 0.1) is 5.75 Å². The topological polar surface area (TPSA) is 51.1 Å². The van der Waals surface area contributed by atoms with Crippen LogP contribution in [0.1, 0.15) is 30.8 Å². The highest BCUT2D eigenvalue weighted by atomic mass is 32.2. The highest BCUT2D eigenvalue weighted by Gasteiger charge is 2.12. The number of sulfone groups is 1. The molecule has 0 bridgehead atoms. The Morgan fingerprint density at radius 3 is 2.44 bits per heavy atom. The molecule has 0 spiro atoms. The fourth-order valence-corrected chi connectivity index (χ4v) is 3.36. The van der Waals surface area contributed by atoms with Crippen molar-refractivity contribution in [3.8, 4) is 0 Å². The Morgan fingerprint density at radius 1 is 1.39 bits per heavy atom. The first-order valence-corrected chi connectivity index (χ1v) is 8.37. The van der Waals surface area contributed by atoms with E-state index >= 15 is 0 Å². The van der Waals surface area contributed by atoms with Crippen LogP contribution in [0, 0.1) is 13.8 Å². The zero-order chi connectivity index (χ0) is 13.9. The number of rotatable bonds is 6. The van der Waals surface area contributed by atoms with Gasteiger partial charge >= 0.3 is 0 Å². The zero-order valence-corrected chi connectivity index (χ0v) is 12.8. The van der Waals surface area contributed by atoms with E-state index in [0.717, 1.165) is 13.1 Å². The van der Waals surface area contributed by atoms with Crippen molar-refractivity contribution in [1.82, 2.24) is 9.88 Å². The van der Waals surface area contributed by atoms with Crippen LogP contribution in [0.25, 0.3) is 0 Å². The summed E-state index contributed by atoms with van der Waals surface area (Å²) in [5, 5.41) is 3.27. The molecule has 0 amide bonds. The molecule has 1 heterocycles. The van der Waals surface area contributed by atoms with Gasteiger partial charge in [0, 0.05) is 36.8 Å². The Bertz CT molecular complexity index is 503. The van der Waals surface area contributed by atoms with Crippen molar-refractivity contribution in [2.45, 2.75) is 46.8 Å². The van der Waals surface area contributed by atoms with Crippen molar-refractivity contribution in [1.29, 1.82) is 0 Å². The van der Waals surface area contributed by atoms with Crippen molar-refractivity contribution in [2.24, 2.45) is 0 Å². The Hall–Kier alpha value is -0.810. The van der Waals surface area contributed by atoms with E-state index in [2.05, 4.69) is 36.7 Å². The predicted octanol–water partition coefficient (Wildman–Crippen LogP) is 1.65. The van der Waals surface area contributed by atoms with E-state index in [1.54, 1.807) is 0 Å². The molecule has 0 saturated heterocycles. The van der Waals surface area contributed by atoms with E-state index in [1.165, 1.54) is 23.2 Å². The number of aromatic nitrogens is 1. The highest BCUT2D eigenvalue weighted by molar-refractivity contribution is 7.90. The molecule has 1 atom stereocenters. The van der Waals surface area contributed by atoms with Crippen LogP contribution in [0.5, 0.6) is 0 Å². The van der Waals surface area contributed by atoms with Gasteiger partial charge in [-0.15, -0.1) is 0 Å². The van der Waals surface area contributed by atoms with Crippen LogP contribution < -0.4 is 5.32 Å². The molecule has 18 heavy (non-hydrogen) atoms. The van der Waals surface area contributed by atoms with E-state index in [-0.39, 0.29) is 11.8 Å². The summed E-state index contributed by atoms with van der Waals surface area (Å²) in [7, 11) is -2.91. The first kappa shape index (κ1) is 15.2.